The summed E-state index contributed by atoms with van der Waals surface area (Å²) in [6.07, 6.45) is 3.57. The van der Waals surface area contributed by atoms with E-state index in [4.69, 9.17) is 5.11 Å². The molecule has 0 heterocycles. The van der Waals surface area contributed by atoms with Gasteiger partial charge in [-0.15, -0.1) is 0 Å². The first-order valence-corrected chi connectivity index (χ1v) is 3.08. The van der Waals surface area contributed by atoms with Gasteiger partial charge in [0, 0.05) is 6.54 Å². The number of carbonyl (C=O) groups excluding carboxylic acids is 1. The lowest BCUT2D eigenvalue weighted by molar-refractivity contribution is 0.164. The molecule has 0 spiro atoms. The van der Waals surface area contributed by atoms with Gasteiger partial charge in [0.2, 0.25) is 0 Å². The Bertz CT molecular complexity index is 75.5. The van der Waals surface area contributed by atoms with Gasteiger partial charge < -0.3 is 10.0 Å². The van der Waals surface area contributed by atoms with Gasteiger partial charge in [-0.2, -0.15) is 0 Å². The van der Waals surface area contributed by atoms with Gasteiger partial charge in [0.1, 0.15) is 6.73 Å². The maximum absolute atomic E-state index is 9.88. The molecule has 0 aromatic heterocycles. The van der Waals surface area contributed by atoms with Crippen LogP contribution in [0.5, 0.6) is 0 Å². The lowest BCUT2D eigenvalue weighted by atomic mass is 10.3. The van der Waals surface area contributed by atoms with E-state index in [0.29, 0.717) is 6.54 Å². The Morgan fingerprint density at radius 2 is 2.33 bits per heavy atom. The van der Waals surface area contributed by atoms with Crippen molar-refractivity contribution in [3.05, 3.63) is 0 Å². The zero-order chi connectivity index (χ0) is 7.11. The zero-order valence-electron chi connectivity index (χ0n) is 5.63. The summed E-state index contributed by atoms with van der Waals surface area (Å²) >= 11 is 0. The molecule has 0 fully saturated rings. The standard InChI is InChI=1S/C6H12NO2/c1-2-3-4-7(5-8)6-9/h8H,2-5H2,1H3. The van der Waals surface area contributed by atoms with Crippen molar-refractivity contribution in [1.82, 2.24) is 4.90 Å². The second-order valence-corrected chi connectivity index (χ2v) is 1.85. The summed E-state index contributed by atoms with van der Waals surface area (Å²) in [7, 11) is 0. The van der Waals surface area contributed by atoms with Gasteiger partial charge in [-0.05, 0) is 6.42 Å². The predicted molar refractivity (Wildman–Crippen MR) is 34.4 cm³/mol. The van der Waals surface area contributed by atoms with Crippen molar-refractivity contribution in [3.8, 4) is 0 Å². The smallest absolute Gasteiger partial charge is 0.313 e. The Morgan fingerprint density at radius 3 is 2.67 bits per heavy atom. The predicted octanol–water partition coefficient (Wildman–Crippen LogP) is 0.105. The SMILES string of the molecule is CCCCN([C]=O)CO. The maximum atomic E-state index is 9.88. The molecule has 9 heavy (non-hydrogen) atoms. The van der Waals surface area contributed by atoms with Crippen molar-refractivity contribution >= 4 is 6.41 Å². The fraction of sp³-hybridized carbons (Fsp3) is 0.833. The van der Waals surface area contributed by atoms with Crippen LogP contribution in [0.2, 0.25) is 0 Å². The van der Waals surface area contributed by atoms with Crippen molar-refractivity contribution in [2.75, 3.05) is 13.3 Å². The number of hydrogen-bond acceptors (Lipinski definition) is 2. The summed E-state index contributed by atoms with van der Waals surface area (Å²) in [5, 5.41) is 8.42. The van der Waals surface area contributed by atoms with Crippen LogP contribution in [0, 0.1) is 0 Å². The third kappa shape index (κ3) is 3.97. The molecule has 0 saturated carbocycles. The summed E-state index contributed by atoms with van der Waals surface area (Å²) < 4.78 is 0. The van der Waals surface area contributed by atoms with Crippen molar-refractivity contribution in [1.29, 1.82) is 0 Å². The minimum atomic E-state index is -0.219. The van der Waals surface area contributed by atoms with Gasteiger partial charge in [0.25, 0.3) is 0 Å². The number of unbranched alkanes of at least 4 members (excludes halogenated alkanes) is 1. The van der Waals surface area contributed by atoms with E-state index >= 15 is 0 Å². The molecule has 0 unspecified atom stereocenters. The highest BCUT2D eigenvalue weighted by atomic mass is 16.3. The Labute approximate surface area is 55.3 Å². The molecule has 1 amide bonds. The average Bonchev–Trinajstić information content (AvgIpc) is 1.91. The summed E-state index contributed by atoms with van der Waals surface area (Å²) in [6.45, 7) is 2.42. The molecule has 0 aliphatic heterocycles. The van der Waals surface area contributed by atoms with Gasteiger partial charge in [-0.1, -0.05) is 13.3 Å². The van der Waals surface area contributed by atoms with E-state index in [1.54, 1.807) is 6.41 Å². The second kappa shape index (κ2) is 5.56. The normalized spacial score (nSPS) is 9.11. The maximum Gasteiger partial charge on any atom is 0.313 e. The van der Waals surface area contributed by atoms with E-state index < -0.39 is 0 Å². The molecular formula is C6H12NO2. The lowest BCUT2D eigenvalue weighted by Gasteiger charge is -2.10. The van der Waals surface area contributed by atoms with Crippen molar-refractivity contribution in [3.63, 3.8) is 0 Å². The Hall–Kier alpha value is -0.570. The molecule has 0 aliphatic rings. The zero-order valence-corrected chi connectivity index (χ0v) is 5.63. The quantitative estimate of drug-likeness (QED) is 0.423. The number of rotatable bonds is 5. The fourth-order valence-corrected chi connectivity index (χ4v) is 0.494. The Morgan fingerprint density at radius 1 is 1.67 bits per heavy atom. The van der Waals surface area contributed by atoms with Crippen LogP contribution in [-0.2, 0) is 4.79 Å². The molecule has 0 aromatic rings. The first kappa shape index (κ1) is 8.43. The molecule has 1 N–H and O–H groups in total. The van der Waals surface area contributed by atoms with E-state index in [9.17, 15) is 4.79 Å². The summed E-state index contributed by atoms with van der Waals surface area (Å²) in [4.78, 5) is 11.1. The van der Waals surface area contributed by atoms with Gasteiger partial charge in [-0.3, -0.25) is 4.79 Å². The number of aliphatic hydroxyl groups is 1. The molecule has 0 saturated heterocycles. The highest BCUT2D eigenvalue weighted by molar-refractivity contribution is 5.47. The number of amides is 1. The first-order valence-electron chi connectivity index (χ1n) is 3.08. The minimum absolute atomic E-state index is 0.219. The molecule has 0 aliphatic carbocycles. The molecule has 3 nitrogen and oxygen atoms in total. The van der Waals surface area contributed by atoms with Crippen LogP contribution in [0.1, 0.15) is 19.8 Å². The molecular weight excluding hydrogens is 118 g/mol. The van der Waals surface area contributed by atoms with Crippen molar-refractivity contribution in [2.45, 2.75) is 19.8 Å². The summed E-state index contributed by atoms with van der Waals surface area (Å²) in [6, 6.07) is 0. The highest BCUT2D eigenvalue weighted by Gasteiger charge is 1.96. The molecule has 0 bridgehead atoms. The van der Waals surface area contributed by atoms with E-state index in [0.717, 1.165) is 12.8 Å². The monoisotopic (exact) mass is 130 g/mol. The van der Waals surface area contributed by atoms with Crippen LogP contribution in [0.15, 0.2) is 0 Å². The number of aliphatic hydroxyl groups excluding tert-OH is 1. The lowest BCUT2D eigenvalue weighted by Crippen LogP contribution is -2.23. The van der Waals surface area contributed by atoms with Crippen LogP contribution in [0.4, 0.5) is 0 Å². The topological polar surface area (TPSA) is 40.5 Å². The van der Waals surface area contributed by atoms with Crippen molar-refractivity contribution in [2.24, 2.45) is 0 Å². The van der Waals surface area contributed by atoms with Crippen LogP contribution >= 0.6 is 0 Å². The third-order valence-corrected chi connectivity index (χ3v) is 1.08. The molecule has 53 valence electrons. The molecule has 0 atom stereocenters. The van der Waals surface area contributed by atoms with Crippen molar-refractivity contribution < 1.29 is 9.90 Å². The van der Waals surface area contributed by atoms with Crippen LogP contribution < -0.4 is 0 Å². The van der Waals surface area contributed by atoms with Gasteiger partial charge in [0.05, 0.1) is 0 Å². The largest absolute Gasteiger partial charge is 0.376 e. The molecule has 3 heteroatoms. The van der Waals surface area contributed by atoms with Crippen LogP contribution in [-0.4, -0.2) is 29.7 Å². The minimum Gasteiger partial charge on any atom is -0.376 e. The molecule has 0 aromatic carbocycles. The average molecular weight is 130 g/mol. The second-order valence-electron chi connectivity index (χ2n) is 1.85. The fourth-order valence-electron chi connectivity index (χ4n) is 0.494. The van der Waals surface area contributed by atoms with E-state index in [1.807, 2.05) is 6.92 Å². The van der Waals surface area contributed by atoms with Gasteiger partial charge >= 0.3 is 6.41 Å². The van der Waals surface area contributed by atoms with E-state index in [1.165, 1.54) is 4.90 Å². The summed E-state index contributed by atoms with van der Waals surface area (Å²) in [5.41, 5.74) is 0. The van der Waals surface area contributed by atoms with Gasteiger partial charge in [0.15, 0.2) is 0 Å². The summed E-state index contributed by atoms with van der Waals surface area (Å²) in [5.74, 6) is 0. The molecule has 1 radical (unpaired) electrons. The van der Waals surface area contributed by atoms with Crippen LogP contribution in [0.3, 0.4) is 0 Å². The van der Waals surface area contributed by atoms with E-state index in [2.05, 4.69) is 0 Å². The van der Waals surface area contributed by atoms with E-state index in [-0.39, 0.29) is 6.73 Å². The third-order valence-electron chi connectivity index (χ3n) is 1.08. The van der Waals surface area contributed by atoms with Gasteiger partial charge in [-0.25, -0.2) is 0 Å². The van der Waals surface area contributed by atoms with Crippen LogP contribution in [0.25, 0.3) is 0 Å². The Kier molecular flexibility index (Phi) is 5.21. The highest BCUT2D eigenvalue weighted by Crippen LogP contribution is 1.89. The molecule has 0 rings (SSSR count). The number of hydrogen-bond donors (Lipinski definition) is 1. The first-order chi connectivity index (χ1) is 4.35. The Balaban J connectivity index is 3.20. The number of nitrogens with zero attached hydrogens (tertiary/aromatic N) is 1.